The number of aliphatic hydroxyl groups excluding tert-OH is 2. The third-order valence-corrected chi connectivity index (χ3v) is 4.72. The molecule has 0 bridgehead atoms. The topological polar surface area (TPSA) is 71.2 Å². The van der Waals surface area contributed by atoms with Gasteiger partial charge in [0, 0.05) is 19.2 Å². The predicted octanol–water partition coefficient (Wildman–Crippen LogP) is 0.993. The Morgan fingerprint density at radius 1 is 1.39 bits per heavy atom. The van der Waals surface area contributed by atoms with Gasteiger partial charge in [-0.15, -0.1) is 10.2 Å². The van der Waals surface area contributed by atoms with E-state index in [1.165, 1.54) is 6.42 Å². The number of nitrogens with zero attached hydrogens (tertiary/aromatic N) is 3. The highest BCUT2D eigenvalue weighted by Gasteiger charge is 2.21. The molecule has 6 heteroatoms. The van der Waals surface area contributed by atoms with Crippen LogP contribution in [-0.4, -0.2) is 43.4 Å². The molecule has 2 rings (SSSR count). The lowest BCUT2D eigenvalue weighted by molar-refractivity contribution is 0.107. The fraction of sp³-hybridized carbons (Fsp3) is 0.833. The van der Waals surface area contributed by atoms with E-state index in [0.717, 1.165) is 36.0 Å². The van der Waals surface area contributed by atoms with E-state index in [1.54, 1.807) is 11.8 Å². The number of aliphatic hydroxyl groups is 2. The maximum Gasteiger partial charge on any atom is 0.190 e. The second-order valence-electron chi connectivity index (χ2n) is 4.93. The van der Waals surface area contributed by atoms with Crippen LogP contribution in [0.5, 0.6) is 0 Å². The van der Waals surface area contributed by atoms with Crippen LogP contribution in [-0.2, 0) is 13.5 Å². The summed E-state index contributed by atoms with van der Waals surface area (Å²) in [5.41, 5.74) is 0. The zero-order valence-electron chi connectivity index (χ0n) is 10.7. The highest BCUT2D eigenvalue weighted by molar-refractivity contribution is 7.99. The van der Waals surface area contributed by atoms with Gasteiger partial charge in [-0.1, -0.05) is 18.2 Å². The molecule has 18 heavy (non-hydrogen) atoms. The average molecular weight is 271 g/mol. The first kappa shape index (κ1) is 13.8. The average Bonchev–Trinajstić information content (AvgIpc) is 2.69. The Labute approximate surface area is 112 Å². The van der Waals surface area contributed by atoms with Crippen LogP contribution < -0.4 is 0 Å². The molecule has 2 N–H and O–H groups in total. The number of hydrogen-bond acceptors (Lipinski definition) is 5. The van der Waals surface area contributed by atoms with Gasteiger partial charge in [0.25, 0.3) is 0 Å². The summed E-state index contributed by atoms with van der Waals surface area (Å²) >= 11 is 1.70. The van der Waals surface area contributed by atoms with Crippen molar-refractivity contribution in [2.75, 3.05) is 12.4 Å². The Balaban J connectivity index is 1.86. The van der Waals surface area contributed by atoms with E-state index in [9.17, 15) is 5.11 Å². The molecule has 0 aromatic carbocycles. The van der Waals surface area contributed by atoms with Crippen LogP contribution in [0.15, 0.2) is 5.16 Å². The quantitative estimate of drug-likeness (QED) is 0.782. The van der Waals surface area contributed by atoms with E-state index in [0.29, 0.717) is 12.3 Å². The van der Waals surface area contributed by atoms with E-state index < -0.39 is 0 Å². The largest absolute Gasteiger partial charge is 0.396 e. The molecule has 0 amide bonds. The second kappa shape index (κ2) is 6.54. The zero-order chi connectivity index (χ0) is 13.0. The number of thioether (sulfide) groups is 1. The molecule has 5 nitrogen and oxygen atoms in total. The van der Waals surface area contributed by atoms with Gasteiger partial charge >= 0.3 is 0 Å². The number of hydrogen-bond donors (Lipinski definition) is 2. The van der Waals surface area contributed by atoms with Gasteiger partial charge in [-0.05, 0) is 25.2 Å². The Morgan fingerprint density at radius 3 is 2.94 bits per heavy atom. The number of aromatic nitrogens is 3. The highest BCUT2D eigenvalue weighted by Crippen LogP contribution is 2.29. The van der Waals surface area contributed by atoms with Crippen molar-refractivity contribution in [1.29, 1.82) is 0 Å². The molecule has 0 spiro atoms. The van der Waals surface area contributed by atoms with Crippen molar-refractivity contribution in [3.05, 3.63) is 5.82 Å². The minimum Gasteiger partial charge on any atom is -0.396 e. The van der Waals surface area contributed by atoms with Gasteiger partial charge in [-0.2, -0.15) is 0 Å². The summed E-state index contributed by atoms with van der Waals surface area (Å²) in [6.45, 7) is 0.103. The Hall–Kier alpha value is -0.590. The summed E-state index contributed by atoms with van der Waals surface area (Å²) in [6.07, 6.45) is 4.62. The van der Waals surface area contributed by atoms with Crippen LogP contribution in [0.2, 0.25) is 0 Å². The Bertz CT molecular complexity index is 383. The lowest BCUT2D eigenvalue weighted by Crippen LogP contribution is -2.21. The second-order valence-corrected chi connectivity index (χ2v) is 5.92. The van der Waals surface area contributed by atoms with E-state index in [-0.39, 0.29) is 12.7 Å². The molecule has 102 valence electrons. The Morgan fingerprint density at radius 2 is 2.22 bits per heavy atom. The molecule has 0 aliphatic heterocycles. The molecule has 1 aliphatic rings. The molecule has 0 radical (unpaired) electrons. The molecule has 2 unspecified atom stereocenters. The molecule has 1 saturated carbocycles. The predicted molar refractivity (Wildman–Crippen MR) is 70.5 cm³/mol. The highest BCUT2D eigenvalue weighted by atomic mass is 32.2. The van der Waals surface area contributed by atoms with Gasteiger partial charge in [-0.25, -0.2) is 0 Å². The standard InChI is InChI=1S/C12H21N3O2S/c1-15-11(5-6-16)13-14-12(15)18-8-9-3-2-4-10(17)7-9/h9-10,16-17H,2-8H2,1H3. The van der Waals surface area contributed by atoms with Crippen molar-refractivity contribution in [3.63, 3.8) is 0 Å². The van der Waals surface area contributed by atoms with Gasteiger partial charge < -0.3 is 14.8 Å². The van der Waals surface area contributed by atoms with Crippen LogP contribution >= 0.6 is 11.8 Å². The summed E-state index contributed by atoms with van der Waals surface area (Å²) in [5, 5.41) is 27.6. The molecule has 1 heterocycles. The van der Waals surface area contributed by atoms with Gasteiger partial charge in [-0.3, -0.25) is 0 Å². The maximum atomic E-state index is 9.64. The summed E-state index contributed by atoms with van der Waals surface area (Å²) < 4.78 is 1.94. The lowest BCUT2D eigenvalue weighted by Gasteiger charge is -2.25. The third kappa shape index (κ3) is 3.46. The molecule has 0 saturated heterocycles. The molecular formula is C12H21N3O2S. The van der Waals surface area contributed by atoms with Gasteiger partial charge in [0.1, 0.15) is 5.82 Å². The van der Waals surface area contributed by atoms with Crippen molar-refractivity contribution in [3.8, 4) is 0 Å². The van der Waals surface area contributed by atoms with Crippen molar-refractivity contribution in [1.82, 2.24) is 14.8 Å². The summed E-state index contributed by atoms with van der Waals surface area (Å²) in [4.78, 5) is 0. The first-order valence-corrected chi connectivity index (χ1v) is 7.49. The van der Waals surface area contributed by atoms with Crippen molar-refractivity contribution >= 4 is 11.8 Å². The smallest absolute Gasteiger partial charge is 0.190 e. The molecule has 2 atom stereocenters. The fourth-order valence-corrected chi connectivity index (χ4v) is 3.48. The summed E-state index contributed by atoms with van der Waals surface area (Å²) in [6, 6.07) is 0. The molecule has 1 aromatic heterocycles. The van der Waals surface area contributed by atoms with E-state index in [2.05, 4.69) is 10.2 Å². The minimum absolute atomic E-state index is 0.103. The monoisotopic (exact) mass is 271 g/mol. The SMILES string of the molecule is Cn1c(CCO)nnc1SCC1CCCC(O)C1. The molecular weight excluding hydrogens is 250 g/mol. The van der Waals surface area contributed by atoms with E-state index in [1.807, 2.05) is 11.6 Å². The van der Waals surface area contributed by atoms with Crippen LogP contribution in [0, 0.1) is 5.92 Å². The first-order chi connectivity index (χ1) is 8.70. The number of rotatable bonds is 5. The third-order valence-electron chi connectivity index (χ3n) is 3.46. The van der Waals surface area contributed by atoms with E-state index >= 15 is 0 Å². The van der Waals surface area contributed by atoms with Gasteiger partial charge in [0.05, 0.1) is 12.7 Å². The molecule has 1 aromatic rings. The summed E-state index contributed by atoms with van der Waals surface area (Å²) in [5.74, 6) is 2.39. The minimum atomic E-state index is -0.117. The van der Waals surface area contributed by atoms with Gasteiger partial charge in [0.2, 0.25) is 0 Å². The van der Waals surface area contributed by atoms with Crippen molar-refractivity contribution in [2.24, 2.45) is 13.0 Å². The van der Waals surface area contributed by atoms with Crippen molar-refractivity contribution < 1.29 is 10.2 Å². The first-order valence-electron chi connectivity index (χ1n) is 6.50. The van der Waals surface area contributed by atoms with Gasteiger partial charge in [0.15, 0.2) is 5.16 Å². The van der Waals surface area contributed by atoms with Crippen LogP contribution in [0.3, 0.4) is 0 Å². The van der Waals surface area contributed by atoms with Crippen LogP contribution in [0.1, 0.15) is 31.5 Å². The lowest BCUT2D eigenvalue weighted by atomic mass is 9.89. The van der Waals surface area contributed by atoms with Crippen LogP contribution in [0.4, 0.5) is 0 Å². The Kier molecular flexibility index (Phi) is 5.03. The molecule has 1 aliphatic carbocycles. The summed E-state index contributed by atoms with van der Waals surface area (Å²) in [7, 11) is 1.93. The maximum absolute atomic E-state index is 9.64. The zero-order valence-corrected chi connectivity index (χ0v) is 11.6. The van der Waals surface area contributed by atoms with Crippen molar-refractivity contribution in [2.45, 2.75) is 43.4 Å². The van der Waals surface area contributed by atoms with E-state index in [4.69, 9.17) is 5.11 Å². The fourth-order valence-electron chi connectivity index (χ4n) is 2.39. The normalized spacial score (nSPS) is 24.4. The van der Waals surface area contributed by atoms with Crippen LogP contribution in [0.25, 0.3) is 0 Å². The molecule has 1 fully saturated rings.